The second kappa shape index (κ2) is 7.04. The molecule has 1 fully saturated rings. The van der Waals surface area contributed by atoms with E-state index in [0.29, 0.717) is 6.54 Å². The lowest BCUT2D eigenvalue weighted by Crippen LogP contribution is -2.37. The first-order valence-electron chi connectivity index (χ1n) is 7.43. The third-order valence-electron chi connectivity index (χ3n) is 3.97. The van der Waals surface area contributed by atoms with Crippen LogP contribution in [0.3, 0.4) is 0 Å². The van der Waals surface area contributed by atoms with Crippen LogP contribution in [0.2, 0.25) is 0 Å². The third kappa shape index (κ3) is 3.93. The SMILES string of the molecule is CNCc1ccc(N2CCC(CN(C)C)CC2)c(F)c1. The van der Waals surface area contributed by atoms with E-state index in [-0.39, 0.29) is 5.82 Å². The highest BCUT2D eigenvalue weighted by Gasteiger charge is 2.21. The summed E-state index contributed by atoms with van der Waals surface area (Å²) in [5.74, 6) is 0.650. The lowest BCUT2D eigenvalue weighted by molar-refractivity contribution is 0.284. The topological polar surface area (TPSA) is 18.5 Å². The van der Waals surface area contributed by atoms with E-state index >= 15 is 0 Å². The molecule has 0 amide bonds. The van der Waals surface area contributed by atoms with Crippen molar-refractivity contribution in [2.75, 3.05) is 45.7 Å². The molecule has 1 N–H and O–H groups in total. The fourth-order valence-corrected chi connectivity index (χ4v) is 2.99. The van der Waals surface area contributed by atoms with Gasteiger partial charge in [0.15, 0.2) is 0 Å². The molecule has 0 saturated carbocycles. The van der Waals surface area contributed by atoms with Crippen molar-refractivity contribution in [2.24, 2.45) is 5.92 Å². The first-order chi connectivity index (χ1) is 9.60. The molecule has 0 aromatic heterocycles. The molecule has 1 aliphatic rings. The quantitative estimate of drug-likeness (QED) is 0.892. The Labute approximate surface area is 121 Å². The summed E-state index contributed by atoms with van der Waals surface area (Å²) in [6.07, 6.45) is 2.30. The van der Waals surface area contributed by atoms with Crippen LogP contribution in [-0.2, 0) is 6.54 Å². The fraction of sp³-hybridized carbons (Fsp3) is 0.625. The van der Waals surface area contributed by atoms with Crippen LogP contribution in [0.4, 0.5) is 10.1 Å². The van der Waals surface area contributed by atoms with E-state index in [2.05, 4.69) is 29.2 Å². The van der Waals surface area contributed by atoms with E-state index in [4.69, 9.17) is 0 Å². The van der Waals surface area contributed by atoms with E-state index in [1.54, 1.807) is 6.07 Å². The molecule has 0 spiro atoms. The van der Waals surface area contributed by atoms with Crippen LogP contribution in [-0.4, -0.2) is 45.7 Å². The van der Waals surface area contributed by atoms with Crippen molar-refractivity contribution in [1.82, 2.24) is 10.2 Å². The Bertz CT molecular complexity index is 426. The van der Waals surface area contributed by atoms with Gasteiger partial charge in [-0.15, -0.1) is 0 Å². The second-order valence-electron chi connectivity index (χ2n) is 6.01. The molecular formula is C16H26FN3. The molecule has 0 aliphatic carbocycles. The number of rotatable bonds is 5. The molecule has 0 atom stereocenters. The van der Waals surface area contributed by atoms with Gasteiger partial charge in [0.1, 0.15) is 5.82 Å². The number of piperidine rings is 1. The largest absolute Gasteiger partial charge is 0.369 e. The van der Waals surface area contributed by atoms with Gasteiger partial charge in [0.2, 0.25) is 0 Å². The summed E-state index contributed by atoms with van der Waals surface area (Å²) in [4.78, 5) is 4.43. The zero-order chi connectivity index (χ0) is 14.5. The van der Waals surface area contributed by atoms with Gasteiger partial charge < -0.3 is 15.1 Å². The Morgan fingerprint density at radius 1 is 1.30 bits per heavy atom. The molecule has 4 heteroatoms. The van der Waals surface area contributed by atoms with Gasteiger partial charge in [-0.25, -0.2) is 4.39 Å². The van der Waals surface area contributed by atoms with Crippen LogP contribution in [0.1, 0.15) is 18.4 Å². The van der Waals surface area contributed by atoms with Crippen LogP contribution in [0.15, 0.2) is 18.2 Å². The molecule has 3 nitrogen and oxygen atoms in total. The highest BCUT2D eigenvalue weighted by atomic mass is 19.1. The highest BCUT2D eigenvalue weighted by Crippen LogP contribution is 2.26. The molecule has 0 unspecified atom stereocenters. The summed E-state index contributed by atoms with van der Waals surface area (Å²) >= 11 is 0. The minimum Gasteiger partial charge on any atom is -0.369 e. The summed E-state index contributed by atoms with van der Waals surface area (Å²) in [5, 5.41) is 3.05. The summed E-state index contributed by atoms with van der Waals surface area (Å²) in [6.45, 7) is 3.77. The Morgan fingerprint density at radius 3 is 2.55 bits per heavy atom. The first kappa shape index (κ1) is 15.3. The standard InChI is InChI=1S/C16H26FN3/c1-18-11-14-4-5-16(15(17)10-14)20-8-6-13(7-9-20)12-19(2)3/h4-5,10,13,18H,6-9,11-12H2,1-3H3. The van der Waals surface area contributed by atoms with Gasteiger partial charge in [0.25, 0.3) is 0 Å². The molecule has 1 aliphatic heterocycles. The average Bonchev–Trinajstić information content (AvgIpc) is 2.40. The summed E-state index contributed by atoms with van der Waals surface area (Å²) in [5.41, 5.74) is 1.75. The third-order valence-corrected chi connectivity index (χ3v) is 3.97. The number of nitrogens with zero attached hydrogens (tertiary/aromatic N) is 2. The molecule has 112 valence electrons. The van der Waals surface area contributed by atoms with Gasteiger partial charge >= 0.3 is 0 Å². The van der Waals surface area contributed by atoms with E-state index in [1.807, 2.05) is 19.2 Å². The molecule has 1 heterocycles. The van der Waals surface area contributed by atoms with Gasteiger partial charge in [-0.2, -0.15) is 0 Å². The van der Waals surface area contributed by atoms with Crippen LogP contribution < -0.4 is 10.2 Å². The van der Waals surface area contributed by atoms with Crippen molar-refractivity contribution in [2.45, 2.75) is 19.4 Å². The maximum Gasteiger partial charge on any atom is 0.146 e. The maximum atomic E-state index is 14.2. The molecule has 20 heavy (non-hydrogen) atoms. The predicted octanol–water partition coefficient (Wildman–Crippen LogP) is 2.32. The smallest absolute Gasteiger partial charge is 0.146 e. The van der Waals surface area contributed by atoms with Crippen molar-refractivity contribution in [3.05, 3.63) is 29.6 Å². The number of hydrogen-bond acceptors (Lipinski definition) is 3. The van der Waals surface area contributed by atoms with Gasteiger partial charge in [0, 0.05) is 26.2 Å². The Balaban J connectivity index is 1.96. The zero-order valence-corrected chi connectivity index (χ0v) is 12.8. The number of nitrogens with one attached hydrogen (secondary N) is 1. The maximum absolute atomic E-state index is 14.2. The lowest BCUT2D eigenvalue weighted by atomic mass is 9.96. The highest BCUT2D eigenvalue weighted by molar-refractivity contribution is 5.49. The predicted molar refractivity (Wildman–Crippen MR) is 82.7 cm³/mol. The number of hydrogen-bond donors (Lipinski definition) is 1. The van der Waals surface area contributed by atoms with Gasteiger partial charge in [0.05, 0.1) is 5.69 Å². The van der Waals surface area contributed by atoms with E-state index < -0.39 is 0 Å². The van der Waals surface area contributed by atoms with Gasteiger partial charge in [-0.3, -0.25) is 0 Å². The molecule has 1 saturated heterocycles. The molecule has 0 radical (unpaired) electrons. The second-order valence-corrected chi connectivity index (χ2v) is 6.01. The lowest BCUT2D eigenvalue weighted by Gasteiger charge is -2.34. The normalized spacial score (nSPS) is 16.9. The molecule has 2 rings (SSSR count). The zero-order valence-electron chi connectivity index (χ0n) is 12.8. The van der Waals surface area contributed by atoms with Crippen molar-refractivity contribution in [3.63, 3.8) is 0 Å². The summed E-state index contributed by atoms with van der Waals surface area (Å²) in [7, 11) is 6.11. The van der Waals surface area contributed by atoms with Crippen LogP contribution in [0.5, 0.6) is 0 Å². The minimum atomic E-state index is -0.0937. The van der Waals surface area contributed by atoms with Crippen molar-refractivity contribution < 1.29 is 4.39 Å². The summed E-state index contributed by atoms with van der Waals surface area (Å²) < 4.78 is 14.2. The molecule has 1 aromatic carbocycles. The van der Waals surface area contributed by atoms with Crippen LogP contribution >= 0.6 is 0 Å². The van der Waals surface area contributed by atoms with Crippen LogP contribution in [0.25, 0.3) is 0 Å². The first-order valence-corrected chi connectivity index (χ1v) is 7.43. The Morgan fingerprint density at radius 2 is 2.00 bits per heavy atom. The van der Waals surface area contributed by atoms with E-state index in [9.17, 15) is 4.39 Å². The monoisotopic (exact) mass is 279 g/mol. The summed E-state index contributed by atoms with van der Waals surface area (Å²) in [6, 6.07) is 5.59. The van der Waals surface area contributed by atoms with E-state index in [1.165, 1.54) is 0 Å². The minimum absolute atomic E-state index is 0.0937. The fourth-order valence-electron chi connectivity index (χ4n) is 2.99. The van der Waals surface area contributed by atoms with Crippen molar-refractivity contribution >= 4 is 5.69 Å². The van der Waals surface area contributed by atoms with E-state index in [0.717, 1.165) is 49.6 Å². The van der Waals surface area contributed by atoms with Crippen LogP contribution in [0, 0.1) is 11.7 Å². The number of halogens is 1. The van der Waals surface area contributed by atoms with Crippen molar-refractivity contribution in [1.29, 1.82) is 0 Å². The molecular weight excluding hydrogens is 253 g/mol. The van der Waals surface area contributed by atoms with Crippen molar-refractivity contribution in [3.8, 4) is 0 Å². The average molecular weight is 279 g/mol. The Kier molecular flexibility index (Phi) is 5.38. The molecule has 1 aromatic rings. The van der Waals surface area contributed by atoms with Gasteiger partial charge in [-0.1, -0.05) is 6.07 Å². The molecule has 0 bridgehead atoms. The number of anilines is 1. The Hall–Kier alpha value is -1.13. The number of benzene rings is 1. The van der Waals surface area contributed by atoms with Gasteiger partial charge in [-0.05, 0) is 57.6 Å².